The van der Waals surface area contributed by atoms with Gasteiger partial charge in [-0.15, -0.1) is 0 Å². The molecule has 88 valence electrons. The molecule has 15 heavy (non-hydrogen) atoms. The predicted octanol–water partition coefficient (Wildman–Crippen LogP) is 1.24. The number of hydrogen-bond acceptors (Lipinski definition) is 3. The Hall–Kier alpha value is -0.120. The van der Waals surface area contributed by atoms with Gasteiger partial charge >= 0.3 is 0 Å². The molecular formula is C12H24N2O. The number of nitrogens with one attached hydrogen (secondary N) is 1. The van der Waals surface area contributed by atoms with Gasteiger partial charge in [-0.05, 0) is 52.7 Å². The first-order valence-electron chi connectivity index (χ1n) is 6.25. The second kappa shape index (κ2) is 4.81. The van der Waals surface area contributed by atoms with Crippen LogP contribution in [0.4, 0.5) is 0 Å². The Morgan fingerprint density at radius 2 is 2.27 bits per heavy atom. The second-order valence-corrected chi connectivity index (χ2v) is 5.38. The van der Waals surface area contributed by atoms with Crippen molar-refractivity contribution in [3.8, 4) is 0 Å². The first-order chi connectivity index (χ1) is 7.18. The largest absolute Gasteiger partial charge is 0.369 e. The van der Waals surface area contributed by atoms with Gasteiger partial charge in [0.05, 0.1) is 11.7 Å². The topological polar surface area (TPSA) is 24.5 Å². The summed E-state index contributed by atoms with van der Waals surface area (Å²) in [5.41, 5.74) is 0.0939. The van der Waals surface area contributed by atoms with Crippen molar-refractivity contribution in [3.63, 3.8) is 0 Å². The fourth-order valence-electron chi connectivity index (χ4n) is 2.87. The Balaban J connectivity index is 1.85. The molecule has 2 atom stereocenters. The molecule has 3 nitrogen and oxygen atoms in total. The molecule has 0 aliphatic carbocycles. The van der Waals surface area contributed by atoms with Crippen molar-refractivity contribution in [1.29, 1.82) is 0 Å². The molecule has 0 aromatic heterocycles. The van der Waals surface area contributed by atoms with Crippen LogP contribution in [-0.4, -0.2) is 49.8 Å². The summed E-state index contributed by atoms with van der Waals surface area (Å²) in [5, 5.41) is 3.41. The lowest BCUT2D eigenvalue weighted by Crippen LogP contribution is -2.50. The van der Waals surface area contributed by atoms with Crippen LogP contribution in [0.2, 0.25) is 0 Å². The molecule has 2 aliphatic rings. The van der Waals surface area contributed by atoms with E-state index in [1.807, 2.05) is 0 Å². The van der Waals surface area contributed by atoms with Crippen molar-refractivity contribution in [2.75, 3.05) is 33.2 Å². The molecule has 0 bridgehead atoms. The Kier molecular flexibility index (Phi) is 3.65. The SMILES string of the molecule is CN1CCCC(C)(OC2CCCNC2)C1. The summed E-state index contributed by atoms with van der Waals surface area (Å²) in [7, 11) is 2.19. The highest BCUT2D eigenvalue weighted by molar-refractivity contribution is 4.86. The van der Waals surface area contributed by atoms with Crippen molar-refractivity contribution >= 4 is 0 Å². The van der Waals surface area contributed by atoms with Gasteiger partial charge in [-0.3, -0.25) is 0 Å². The van der Waals surface area contributed by atoms with E-state index in [1.165, 1.54) is 32.2 Å². The highest BCUT2D eigenvalue weighted by Gasteiger charge is 2.33. The molecule has 2 fully saturated rings. The fourth-order valence-corrected chi connectivity index (χ4v) is 2.87. The standard InChI is InChI=1S/C12H24N2O/c1-12(6-4-8-14(2)10-12)15-11-5-3-7-13-9-11/h11,13H,3-10H2,1-2H3. The molecule has 1 N–H and O–H groups in total. The zero-order valence-electron chi connectivity index (χ0n) is 10.1. The molecule has 0 aromatic rings. The van der Waals surface area contributed by atoms with Gasteiger partial charge in [-0.2, -0.15) is 0 Å². The van der Waals surface area contributed by atoms with Gasteiger partial charge in [0.1, 0.15) is 0 Å². The van der Waals surface area contributed by atoms with Crippen molar-refractivity contribution in [2.24, 2.45) is 0 Å². The van der Waals surface area contributed by atoms with Gasteiger partial charge in [-0.1, -0.05) is 0 Å². The van der Waals surface area contributed by atoms with E-state index in [1.54, 1.807) is 0 Å². The summed E-state index contributed by atoms with van der Waals surface area (Å²) in [5.74, 6) is 0. The Bertz CT molecular complexity index is 204. The lowest BCUT2D eigenvalue weighted by molar-refractivity contribution is -0.118. The first-order valence-corrected chi connectivity index (χ1v) is 6.25. The number of hydrogen-bond donors (Lipinski definition) is 1. The molecule has 3 heteroatoms. The predicted molar refractivity (Wildman–Crippen MR) is 62.1 cm³/mol. The number of piperidine rings is 2. The molecular weight excluding hydrogens is 188 g/mol. The molecule has 0 spiro atoms. The van der Waals surface area contributed by atoms with Gasteiger partial charge < -0.3 is 15.0 Å². The zero-order valence-corrected chi connectivity index (χ0v) is 10.1. The zero-order chi connectivity index (χ0) is 10.7. The highest BCUT2D eigenvalue weighted by Crippen LogP contribution is 2.26. The molecule has 0 aromatic carbocycles. The van der Waals surface area contributed by atoms with Gasteiger partial charge in [0.2, 0.25) is 0 Å². The average Bonchev–Trinajstić information content (AvgIpc) is 2.18. The van der Waals surface area contributed by atoms with Crippen LogP contribution in [0.15, 0.2) is 0 Å². The molecule has 2 unspecified atom stereocenters. The van der Waals surface area contributed by atoms with E-state index in [0.717, 1.165) is 19.6 Å². The van der Waals surface area contributed by atoms with Crippen LogP contribution in [-0.2, 0) is 4.74 Å². The maximum Gasteiger partial charge on any atom is 0.0785 e. The van der Waals surface area contributed by atoms with Crippen molar-refractivity contribution in [3.05, 3.63) is 0 Å². The average molecular weight is 212 g/mol. The van der Waals surface area contributed by atoms with Crippen LogP contribution in [0.1, 0.15) is 32.6 Å². The van der Waals surface area contributed by atoms with Crippen molar-refractivity contribution < 1.29 is 4.74 Å². The maximum absolute atomic E-state index is 6.29. The molecule has 2 aliphatic heterocycles. The second-order valence-electron chi connectivity index (χ2n) is 5.38. The summed E-state index contributed by atoms with van der Waals surface area (Å²) < 4.78 is 6.29. The summed E-state index contributed by atoms with van der Waals surface area (Å²) >= 11 is 0. The van der Waals surface area contributed by atoms with Gasteiger partial charge in [-0.25, -0.2) is 0 Å². The van der Waals surface area contributed by atoms with Crippen LogP contribution >= 0.6 is 0 Å². The minimum absolute atomic E-state index is 0.0939. The van der Waals surface area contributed by atoms with Crippen LogP contribution in [0.5, 0.6) is 0 Å². The third-order valence-electron chi connectivity index (χ3n) is 3.55. The molecule has 2 saturated heterocycles. The van der Waals surface area contributed by atoms with E-state index >= 15 is 0 Å². The van der Waals surface area contributed by atoms with Crippen LogP contribution in [0, 0.1) is 0 Å². The summed E-state index contributed by atoms with van der Waals surface area (Å²) in [6, 6.07) is 0. The van der Waals surface area contributed by atoms with E-state index in [2.05, 4.69) is 24.2 Å². The number of ether oxygens (including phenoxy) is 1. The van der Waals surface area contributed by atoms with Gasteiger partial charge in [0, 0.05) is 13.1 Å². The lowest BCUT2D eigenvalue weighted by atomic mass is 9.94. The van der Waals surface area contributed by atoms with E-state index in [4.69, 9.17) is 4.74 Å². The quantitative estimate of drug-likeness (QED) is 0.745. The molecule has 2 rings (SSSR count). The smallest absolute Gasteiger partial charge is 0.0785 e. The van der Waals surface area contributed by atoms with Crippen LogP contribution in [0.3, 0.4) is 0 Å². The third kappa shape index (κ3) is 3.16. The molecule has 0 amide bonds. The Morgan fingerprint density at radius 1 is 1.40 bits per heavy atom. The Morgan fingerprint density at radius 3 is 2.93 bits per heavy atom. The van der Waals surface area contributed by atoms with E-state index in [-0.39, 0.29) is 5.60 Å². The Labute approximate surface area is 93.2 Å². The molecule has 2 heterocycles. The summed E-state index contributed by atoms with van der Waals surface area (Å²) in [6.07, 6.45) is 5.42. The third-order valence-corrected chi connectivity index (χ3v) is 3.55. The normalized spacial score (nSPS) is 39.2. The monoisotopic (exact) mass is 212 g/mol. The molecule has 0 saturated carbocycles. The maximum atomic E-state index is 6.29. The fraction of sp³-hybridized carbons (Fsp3) is 1.00. The van der Waals surface area contributed by atoms with Crippen LogP contribution in [0.25, 0.3) is 0 Å². The summed E-state index contributed by atoms with van der Waals surface area (Å²) in [4.78, 5) is 2.39. The highest BCUT2D eigenvalue weighted by atomic mass is 16.5. The number of likely N-dealkylation sites (N-methyl/N-ethyl adjacent to an activating group) is 1. The summed E-state index contributed by atoms with van der Waals surface area (Å²) in [6.45, 7) is 6.79. The van der Waals surface area contributed by atoms with Gasteiger partial charge in [0.25, 0.3) is 0 Å². The lowest BCUT2D eigenvalue weighted by Gasteiger charge is -2.41. The van der Waals surface area contributed by atoms with E-state index < -0.39 is 0 Å². The van der Waals surface area contributed by atoms with Gasteiger partial charge in [0.15, 0.2) is 0 Å². The first kappa shape index (κ1) is 11.4. The number of likely N-dealkylation sites (tertiary alicyclic amines) is 1. The minimum Gasteiger partial charge on any atom is -0.369 e. The van der Waals surface area contributed by atoms with Crippen molar-refractivity contribution in [1.82, 2.24) is 10.2 Å². The van der Waals surface area contributed by atoms with E-state index in [0.29, 0.717) is 6.10 Å². The van der Waals surface area contributed by atoms with Crippen molar-refractivity contribution in [2.45, 2.75) is 44.3 Å². The molecule has 0 radical (unpaired) electrons. The minimum atomic E-state index is 0.0939. The number of nitrogens with zero attached hydrogens (tertiary/aromatic N) is 1. The van der Waals surface area contributed by atoms with E-state index in [9.17, 15) is 0 Å². The number of rotatable bonds is 2. The van der Waals surface area contributed by atoms with Crippen LogP contribution < -0.4 is 5.32 Å².